The molecule has 0 saturated heterocycles. The number of aromatic nitrogens is 4. The standard InChI is InChI=1S/C16H25N5O/c1-6-8-21(10-11(3)7-2)15-12(4)18-14(9-17-15)16-20-19-13(5)22-16/h9,11H,6-8,10H2,1-5H3. The molecule has 0 fully saturated rings. The molecule has 2 rings (SSSR count). The lowest BCUT2D eigenvalue weighted by molar-refractivity contribution is 0.529. The molecule has 0 aromatic carbocycles. The summed E-state index contributed by atoms with van der Waals surface area (Å²) in [5.74, 6) is 2.53. The van der Waals surface area contributed by atoms with E-state index in [2.05, 4.69) is 45.8 Å². The number of anilines is 1. The van der Waals surface area contributed by atoms with E-state index in [-0.39, 0.29) is 0 Å². The monoisotopic (exact) mass is 303 g/mol. The van der Waals surface area contributed by atoms with E-state index in [4.69, 9.17) is 4.42 Å². The SMILES string of the molecule is CCCN(CC(C)CC)c1ncc(-c2nnc(C)o2)nc1C. The van der Waals surface area contributed by atoms with Gasteiger partial charge >= 0.3 is 0 Å². The second kappa shape index (κ2) is 7.33. The van der Waals surface area contributed by atoms with Crippen molar-refractivity contribution in [1.29, 1.82) is 0 Å². The van der Waals surface area contributed by atoms with E-state index in [0.717, 1.165) is 37.4 Å². The van der Waals surface area contributed by atoms with E-state index in [0.29, 0.717) is 23.4 Å². The number of hydrogen-bond donors (Lipinski definition) is 0. The van der Waals surface area contributed by atoms with E-state index in [1.165, 1.54) is 0 Å². The van der Waals surface area contributed by atoms with Crippen LogP contribution in [0.4, 0.5) is 5.82 Å². The minimum absolute atomic E-state index is 0.420. The third-order valence-corrected chi connectivity index (χ3v) is 3.69. The van der Waals surface area contributed by atoms with Gasteiger partial charge < -0.3 is 9.32 Å². The summed E-state index contributed by atoms with van der Waals surface area (Å²) in [4.78, 5) is 11.5. The number of rotatable bonds is 7. The molecule has 0 aliphatic rings. The molecule has 120 valence electrons. The van der Waals surface area contributed by atoms with Crippen LogP contribution in [0.25, 0.3) is 11.6 Å². The molecular formula is C16H25N5O. The van der Waals surface area contributed by atoms with Gasteiger partial charge in [0.05, 0.1) is 11.9 Å². The van der Waals surface area contributed by atoms with Crippen LogP contribution in [0, 0.1) is 19.8 Å². The molecule has 6 nitrogen and oxygen atoms in total. The minimum atomic E-state index is 0.420. The molecule has 1 atom stereocenters. The summed E-state index contributed by atoms with van der Waals surface area (Å²) >= 11 is 0. The van der Waals surface area contributed by atoms with Crippen molar-refractivity contribution >= 4 is 5.82 Å². The highest BCUT2D eigenvalue weighted by Crippen LogP contribution is 2.22. The second-order valence-corrected chi connectivity index (χ2v) is 5.75. The third-order valence-electron chi connectivity index (χ3n) is 3.69. The molecule has 6 heteroatoms. The van der Waals surface area contributed by atoms with Crippen molar-refractivity contribution in [2.45, 2.75) is 47.5 Å². The molecular weight excluding hydrogens is 278 g/mol. The zero-order valence-electron chi connectivity index (χ0n) is 14.1. The summed E-state index contributed by atoms with van der Waals surface area (Å²) in [5.41, 5.74) is 1.52. The molecule has 1 unspecified atom stereocenters. The van der Waals surface area contributed by atoms with Crippen molar-refractivity contribution in [3.8, 4) is 11.6 Å². The fourth-order valence-electron chi connectivity index (χ4n) is 2.35. The Morgan fingerprint density at radius 1 is 1.23 bits per heavy atom. The Bertz CT molecular complexity index is 610. The van der Waals surface area contributed by atoms with Gasteiger partial charge in [-0.05, 0) is 19.3 Å². The van der Waals surface area contributed by atoms with Crippen LogP contribution in [0.5, 0.6) is 0 Å². The van der Waals surface area contributed by atoms with E-state index < -0.39 is 0 Å². The summed E-state index contributed by atoms with van der Waals surface area (Å²) < 4.78 is 5.42. The fraction of sp³-hybridized carbons (Fsp3) is 0.625. The van der Waals surface area contributed by atoms with Gasteiger partial charge in [0.1, 0.15) is 11.5 Å². The van der Waals surface area contributed by atoms with Crippen LogP contribution in [-0.2, 0) is 0 Å². The highest BCUT2D eigenvalue weighted by Gasteiger charge is 2.16. The van der Waals surface area contributed by atoms with Gasteiger partial charge in [-0.2, -0.15) is 0 Å². The molecule has 0 radical (unpaired) electrons. The topological polar surface area (TPSA) is 67.9 Å². The summed E-state index contributed by atoms with van der Waals surface area (Å²) in [5, 5.41) is 7.83. The molecule has 0 spiro atoms. The molecule has 0 aliphatic heterocycles. The predicted octanol–water partition coefficient (Wildman–Crippen LogP) is 3.41. The molecule has 0 amide bonds. The van der Waals surface area contributed by atoms with Crippen LogP contribution in [-0.4, -0.2) is 33.3 Å². The first kappa shape index (κ1) is 16.4. The van der Waals surface area contributed by atoms with E-state index in [1.54, 1.807) is 13.1 Å². The summed E-state index contributed by atoms with van der Waals surface area (Å²) in [7, 11) is 0. The molecule has 0 N–H and O–H groups in total. The normalized spacial score (nSPS) is 12.4. The summed E-state index contributed by atoms with van der Waals surface area (Å²) in [6.45, 7) is 12.4. The Morgan fingerprint density at radius 2 is 2.00 bits per heavy atom. The Balaban J connectivity index is 2.26. The smallest absolute Gasteiger partial charge is 0.267 e. The summed E-state index contributed by atoms with van der Waals surface area (Å²) in [6.07, 6.45) is 3.96. The maximum absolute atomic E-state index is 5.42. The van der Waals surface area contributed by atoms with Crippen LogP contribution in [0.1, 0.15) is 45.2 Å². The highest BCUT2D eigenvalue weighted by molar-refractivity contribution is 5.51. The van der Waals surface area contributed by atoms with Crippen molar-refractivity contribution in [3.63, 3.8) is 0 Å². The first-order chi connectivity index (χ1) is 10.5. The number of hydrogen-bond acceptors (Lipinski definition) is 6. The van der Waals surface area contributed by atoms with Crippen molar-refractivity contribution in [2.75, 3.05) is 18.0 Å². The molecule has 2 heterocycles. The predicted molar refractivity (Wildman–Crippen MR) is 86.8 cm³/mol. The first-order valence-electron chi connectivity index (χ1n) is 7.94. The van der Waals surface area contributed by atoms with Crippen LogP contribution in [0.3, 0.4) is 0 Å². The van der Waals surface area contributed by atoms with Crippen molar-refractivity contribution in [3.05, 3.63) is 17.8 Å². The lowest BCUT2D eigenvalue weighted by Crippen LogP contribution is -2.30. The van der Waals surface area contributed by atoms with Gasteiger partial charge in [0.2, 0.25) is 5.89 Å². The first-order valence-corrected chi connectivity index (χ1v) is 7.94. The fourth-order valence-corrected chi connectivity index (χ4v) is 2.35. The Morgan fingerprint density at radius 3 is 2.55 bits per heavy atom. The van der Waals surface area contributed by atoms with Gasteiger partial charge in [-0.25, -0.2) is 9.97 Å². The zero-order chi connectivity index (χ0) is 16.1. The molecule has 22 heavy (non-hydrogen) atoms. The lowest BCUT2D eigenvalue weighted by Gasteiger charge is -2.27. The summed E-state index contributed by atoms with van der Waals surface area (Å²) in [6, 6.07) is 0. The number of aryl methyl sites for hydroxylation is 2. The van der Waals surface area contributed by atoms with Crippen molar-refractivity contribution in [2.24, 2.45) is 5.92 Å². The molecule has 2 aromatic rings. The lowest BCUT2D eigenvalue weighted by atomic mass is 10.1. The molecule has 0 saturated carbocycles. The average molecular weight is 303 g/mol. The van der Waals surface area contributed by atoms with Crippen LogP contribution < -0.4 is 4.90 Å². The zero-order valence-corrected chi connectivity index (χ0v) is 14.1. The van der Waals surface area contributed by atoms with Gasteiger partial charge in [-0.3, -0.25) is 0 Å². The van der Waals surface area contributed by atoms with Crippen LogP contribution in [0.2, 0.25) is 0 Å². The van der Waals surface area contributed by atoms with E-state index >= 15 is 0 Å². The van der Waals surface area contributed by atoms with Crippen molar-refractivity contribution < 1.29 is 4.42 Å². The van der Waals surface area contributed by atoms with Crippen LogP contribution in [0.15, 0.2) is 10.6 Å². The number of nitrogens with zero attached hydrogens (tertiary/aromatic N) is 5. The van der Waals surface area contributed by atoms with Gasteiger partial charge in [0, 0.05) is 20.0 Å². The van der Waals surface area contributed by atoms with Gasteiger partial charge in [-0.15, -0.1) is 10.2 Å². The van der Waals surface area contributed by atoms with Gasteiger partial charge in [-0.1, -0.05) is 27.2 Å². The maximum Gasteiger partial charge on any atom is 0.267 e. The van der Waals surface area contributed by atoms with Gasteiger partial charge in [0.15, 0.2) is 0 Å². The van der Waals surface area contributed by atoms with Crippen LogP contribution >= 0.6 is 0 Å². The molecule has 0 bridgehead atoms. The molecule has 2 aromatic heterocycles. The quantitative estimate of drug-likeness (QED) is 0.781. The maximum atomic E-state index is 5.42. The highest BCUT2D eigenvalue weighted by atomic mass is 16.4. The Hall–Kier alpha value is -1.98. The third kappa shape index (κ3) is 3.81. The minimum Gasteiger partial charge on any atom is -0.420 e. The van der Waals surface area contributed by atoms with Crippen molar-refractivity contribution in [1.82, 2.24) is 20.2 Å². The Labute approximate surface area is 132 Å². The largest absolute Gasteiger partial charge is 0.420 e. The molecule has 0 aliphatic carbocycles. The average Bonchev–Trinajstić information content (AvgIpc) is 2.93. The van der Waals surface area contributed by atoms with Gasteiger partial charge in [0.25, 0.3) is 5.89 Å². The van der Waals surface area contributed by atoms with E-state index in [9.17, 15) is 0 Å². The van der Waals surface area contributed by atoms with E-state index in [1.807, 2.05) is 6.92 Å². The second-order valence-electron chi connectivity index (χ2n) is 5.75. The Kier molecular flexibility index (Phi) is 5.46.